The lowest BCUT2D eigenvalue weighted by Gasteiger charge is -2.59. The third-order valence-electron chi connectivity index (χ3n) is 9.51. The molecule has 0 heterocycles. The van der Waals surface area contributed by atoms with Crippen LogP contribution in [0.5, 0.6) is 0 Å². The van der Waals surface area contributed by atoms with Crippen LogP contribution in [0.15, 0.2) is 29.8 Å². The van der Waals surface area contributed by atoms with Crippen LogP contribution in [0.4, 0.5) is 0 Å². The van der Waals surface area contributed by atoms with Crippen LogP contribution in [0.1, 0.15) is 70.8 Å². The van der Waals surface area contributed by atoms with Gasteiger partial charge < -0.3 is 5.11 Å². The smallest absolute Gasteiger partial charge is 0.165 e. The average Bonchev–Trinajstić information content (AvgIpc) is 2.95. The topological polar surface area (TPSA) is 37.3 Å². The summed E-state index contributed by atoms with van der Waals surface area (Å²) in [5.74, 6) is 2.84. The van der Waals surface area contributed by atoms with Crippen molar-refractivity contribution in [2.45, 2.75) is 71.3 Å². The molecular formula is C26H33ClO2. The lowest BCUT2D eigenvalue weighted by atomic mass is 9.45. The molecule has 0 aromatic heterocycles. The van der Waals surface area contributed by atoms with E-state index in [1.165, 1.54) is 19.3 Å². The highest BCUT2D eigenvalue weighted by molar-refractivity contribution is 6.32. The first-order chi connectivity index (χ1) is 13.8. The van der Waals surface area contributed by atoms with E-state index in [4.69, 9.17) is 11.6 Å². The van der Waals surface area contributed by atoms with Crippen LogP contribution < -0.4 is 0 Å². The van der Waals surface area contributed by atoms with Crippen molar-refractivity contribution in [3.8, 4) is 0 Å². The zero-order valence-electron chi connectivity index (χ0n) is 17.7. The minimum Gasteiger partial charge on any atom is -0.393 e. The van der Waals surface area contributed by atoms with E-state index in [1.807, 2.05) is 24.3 Å². The molecule has 0 unspecified atom stereocenters. The molecule has 4 saturated carbocycles. The normalized spacial score (nSPS) is 45.6. The number of hydrogen-bond donors (Lipinski definition) is 1. The van der Waals surface area contributed by atoms with Gasteiger partial charge in [-0.3, -0.25) is 4.79 Å². The van der Waals surface area contributed by atoms with Gasteiger partial charge in [0, 0.05) is 10.4 Å². The summed E-state index contributed by atoms with van der Waals surface area (Å²) in [6.45, 7) is 4.74. The molecule has 2 nitrogen and oxygen atoms in total. The molecule has 1 N–H and O–H groups in total. The van der Waals surface area contributed by atoms with Gasteiger partial charge in [0.2, 0.25) is 0 Å². The third-order valence-corrected chi connectivity index (χ3v) is 9.86. The van der Waals surface area contributed by atoms with E-state index in [-0.39, 0.29) is 11.5 Å². The van der Waals surface area contributed by atoms with E-state index >= 15 is 0 Å². The van der Waals surface area contributed by atoms with Crippen molar-refractivity contribution in [1.29, 1.82) is 0 Å². The summed E-state index contributed by atoms with van der Waals surface area (Å²) in [5, 5.41) is 10.9. The SMILES string of the molecule is C[C@]12CC[C@H](O)C[C@@H]1CC[C@@H]1[C@@H]2CC[C@]2(C)C(=O)/C(=C/c3ccccc3Cl)C[C@@H]12. The van der Waals surface area contributed by atoms with E-state index in [1.54, 1.807) is 0 Å². The van der Waals surface area contributed by atoms with Gasteiger partial charge in [0.15, 0.2) is 5.78 Å². The van der Waals surface area contributed by atoms with Crippen LogP contribution in [0, 0.1) is 34.5 Å². The third kappa shape index (κ3) is 2.97. The number of carbonyl (C=O) groups excluding carboxylic acids is 1. The summed E-state index contributed by atoms with van der Waals surface area (Å²) in [4.78, 5) is 13.5. The van der Waals surface area contributed by atoms with Crippen molar-refractivity contribution >= 4 is 23.5 Å². The number of carbonyl (C=O) groups is 1. The van der Waals surface area contributed by atoms with E-state index in [0.717, 1.165) is 48.3 Å². The molecule has 1 aromatic rings. The Kier molecular flexibility index (Phi) is 4.75. The maximum atomic E-state index is 13.5. The number of fused-ring (bicyclic) bond motifs is 5. The number of rotatable bonds is 1. The largest absolute Gasteiger partial charge is 0.393 e. The molecule has 4 fully saturated rings. The molecule has 29 heavy (non-hydrogen) atoms. The van der Waals surface area contributed by atoms with Crippen molar-refractivity contribution in [1.82, 2.24) is 0 Å². The van der Waals surface area contributed by atoms with Crippen LogP contribution >= 0.6 is 11.6 Å². The Morgan fingerprint density at radius 3 is 2.66 bits per heavy atom. The molecule has 4 aliphatic rings. The molecule has 4 aliphatic carbocycles. The fourth-order valence-corrected chi connectivity index (χ4v) is 8.01. The van der Waals surface area contributed by atoms with Crippen molar-refractivity contribution in [2.75, 3.05) is 0 Å². The Hall–Kier alpha value is -1.12. The van der Waals surface area contributed by atoms with Crippen molar-refractivity contribution in [3.63, 3.8) is 0 Å². The number of halogens is 1. The molecule has 3 heteroatoms. The predicted molar refractivity (Wildman–Crippen MR) is 118 cm³/mol. The Bertz CT molecular complexity index is 860. The molecule has 156 valence electrons. The van der Waals surface area contributed by atoms with Gasteiger partial charge in [-0.25, -0.2) is 0 Å². The zero-order valence-corrected chi connectivity index (χ0v) is 18.4. The number of allylic oxidation sites excluding steroid dienone is 1. The minimum atomic E-state index is -0.203. The molecule has 0 bridgehead atoms. The number of benzene rings is 1. The van der Waals surface area contributed by atoms with Gasteiger partial charge in [0.25, 0.3) is 0 Å². The Balaban J connectivity index is 1.46. The van der Waals surface area contributed by atoms with Gasteiger partial charge >= 0.3 is 0 Å². The summed E-state index contributed by atoms with van der Waals surface area (Å²) in [7, 11) is 0. The number of aliphatic hydroxyl groups is 1. The molecule has 0 radical (unpaired) electrons. The Morgan fingerprint density at radius 2 is 1.86 bits per heavy atom. The number of ketones is 1. The van der Waals surface area contributed by atoms with E-state index in [9.17, 15) is 9.90 Å². The average molecular weight is 413 g/mol. The zero-order chi connectivity index (χ0) is 20.4. The molecule has 0 saturated heterocycles. The van der Waals surface area contributed by atoms with Gasteiger partial charge in [-0.15, -0.1) is 0 Å². The molecule has 0 spiro atoms. The fraction of sp³-hybridized carbons (Fsp3) is 0.654. The van der Waals surface area contributed by atoms with Crippen molar-refractivity contribution in [3.05, 3.63) is 40.4 Å². The minimum absolute atomic E-state index is 0.100. The molecule has 1 aromatic carbocycles. The van der Waals surface area contributed by atoms with Gasteiger partial charge in [-0.2, -0.15) is 0 Å². The quantitative estimate of drug-likeness (QED) is 0.549. The first kappa shape index (κ1) is 19.8. The number of aliphatic hydroxyl groups excluding tert-OH is 1. The predicted octanol–water partition coefficient (Wildman–Crippen LogP) is 6.31. The number of hydrogen-bond acceptors (Lipinski definition) is 2. The highest BCUT2D eigenvalue weighted by Gasteiger charge is 2.61. The monoisotopic (exact) mass is 412 g/mol. The standard InChI is InChI=1S/C26H33ClO2/c1-25-11-9-19(28)15-18(25)7-8-20-21(25)10-12-26(2)22(20)14-17(24(26)29)13-16-5-3-4-6-23(16)27/h3-6,13,18-22,28H,7-12,14-15H2,1-2H3/b17-13+/t18-,19-,20+,21-,22-,25-,26-/m0/s1. The Labute approximate surface area is 179 Å². The summed E-state index contributed by atoms with van der Waals surface area (Å²) < 4.78 is 0. The molecular weight excluding hydrogens is 380 g/mol. The summed E-state index contributed by atoms with van der Waals surface area (Å²) >= 11 is 6.38. The summed E-state index contributed by atoms with van der Waals surface area (Å²) in [5.41, 5.74) is 2.10. The van der Waals surface area contributed by atoms with E-state index in [0.29, 0.717) is 34.9 Å². The second-order valence-electron chi connectivity index (χ2n) is 10.8. The number of Topliss-reactive ketones (excluding diaryl/α,β-unsaturated/α-hetero) is 1. The van der Waals surface area contributed by atoms with Gasteiger partial charge in [0.1, 0.15) is 0 Å². The van der Waals surface area contributed by atoms with Gasteiger partial charge in [0.05, 0.1) is 6.10 Å². The van der Waals surface area contributed by atoms with Crippen LogP contribution in [-0.4, -0.2) is 17.0 Å². The maximum absolute atomic E-state index is 13.5. The molecule has 0 aliphatic heterocycles. The van der Waals surface area contributed by atoms with Crippen LogP contribution in [-0.2, 0) is 4.79 Å². The first-order valence-electron chi connectivity index (χ1n) is 11.5. The van der Waals surface area contributed by atoms with E-state index in [2.05, 4.69) is 19.9 Å². The van der Waals surface area contributed by atoms with Crippen LogP contribution in [0.3, 0.4) is 0 Å². The molecule has 0 amide bonds. The van der Waals surface area contributed by atoms with E-state index < -0.39 is 0 Å². The van der Waals surface area contributed by atoms with Crippen LogP contribution in [0.25, 0.3) is 6.08 Å². The summed E-state index contributed by atoms with van der Waals surface area (Å²) in [6, 6.07) is 7.84. The molecule has 7 atom stereocenters. The lowest BCUT2D eigenvalue weighted by Crippen LogP contribution is -2.54. The first-order valence-corrected chi connectivity index (χ1v) is 11.9. The van der Waals surface area contributed by atoms with Crippen molar-refractivity contribution in [2.24, 2.45) is 34.5 Å². The second kappa shape index (κ2) is 6.95. The summed E-state index contributed by atoms with van der Waals surface area (Å²) in [6.07, 6.45) is 10.6. The van der Waals surface area contributed by atoms with Crippen LogP contribution in [0.2, 0.25) is 5.02 Å². The fourth-order valence-electron chi connectivity index (χ4n) is 7.81. The lowest BCUT2D eigenvalue weighted by molar-refractivity contribution is -0.141. The highest BCUT2D eigenvalue weighted by atomic mass is 35.5. The highest BCUT2D eigenvalue weighted by Crippen LogP contribution is 2.66. The molecule has 5 rings (SSSR count). The second-order valence-corrected chi connectivity index (χ2v) is 11.2. The van der Waals surface area contributed by atoms with Gasteiger partial charge in [-0.1, -0.05) is 43.6 Å². The maximum Gasteiger partial charge on any atom is 0.165 e. The Morgan fingerprint density at radius 1 is 1.07 bits per heavy atom. The van der Waals surface area contributed by atoms with Crippen molar-refractivity contribution < 1.29 is 9.90 Å². The van der Waals surface area contributed by atoms with Gasteiger partial charge in [-0.05, 0) is 104 Å².